The minimum atomic E-state index is 0.298. The van der Waals surface area contributed by atoms with Crippen molar-refractivity contribution in [2.24, 2.45) is 0 Å². The van der Waals surface area contributed by atoms with Crippen molar-refractivity contribution in [2.75, 3.05) is 13.1 Å². The first-order chi connectivity index (χ1) is 7.75. The maximum absolute atomic E-state index is 11.7. The van der Waals surface area contributed by atoms with Gasteiger partial charge in [-0.05, 0) is 38.5 Å². The van der Waals surface area contributed by atoms with E-state index in [1.54, 1.807) is 6.92 Å². The molecule has 1 saturated heterocycles. The van der Waals surface area contributed by atoms with Gasteiger partial charge < -0.3 is 9.80 Å². The van der Waals surface area contributed by atoms with Crippen molar-refractivity contribution in [3.05, 3.63) is 0 Å². The summed E-state index contributed by atoms with van der Waals surface area (Å²) >= 11 is 0. The van der Waals surface area contributed by atoms with Crippen molar-refractivity contribution in [3.63, 3.8) is 0 Å². The molecule has 0 aromatic rings. The van der Waals surface area contributed by atoms with Crippen LogP contribution >= 0.6 is 0 Å². The minimum Gasteiger partial charge on any atom is -0.337 e. The summed E-state index contributed by atoms with van der Waals surface area (Å²) in [5.41, 5.74) is 0. The molecule has 0 aromatic carbocycles. The highest BCUT2D eigenvalue weighted by Crippen LogP contribution is 2.34. The Hall–Kier alpha value is -0.570. The lowest BCUT2D eigenvalue weighted by molar-refractivity contribution is -0.132. The van der Waals surface area contributed by atoms with Crippen molar-refractivity contribution in [2.45, 2.75) is 63.6 Å². The first-order valence-corrected chi connectivity index (χ1v) is 6.78. The highest BCUT2D eigenvalue weighted by molar-refractivity contribution is 5.74. The first kappa shape index (κ1) is 10.6. The standard InChI is InChI=1S/C13H22N2O/c1-10(16)15(12-4-5-12)13-6-8-14(9-7-13)11-2-3-11/h11-13H,2-9H2,1H3. The Labute approximate surface area is 97.8 Å². The van der Waals surface area contributed by atoms with Gasteiger partial charge in [0.1, 0.15) is 0 Å². The van der Waals surface area contributed by atoms with Gasteiger partial charge in [-0.15, -0.1) is 0 Å². The normalized spacial score (nSPS) is 28.1. The third-order valence-electron chi connectivity index (χ3n) is 4.26. The molecular formula is C13H22N2O. The maximum Gasteiger partial charge on any atom is 0.219 e. The average molecular weight is 222 g/mol. The number of carbonyl (C=O) groups is 1. The molecule has 1 aliphatic heterocycles. The van der Waals surface area contributed by atoms with Crippen LogP contribution in [0.3, 0.4) is 0 Å². The Bertz CT molecular complexity index is 276. The van der Waals surface area contributed by atoms with Gasteiger partial charge in [-0.2, -0.15) is 0 Å². The molecule has 1 heterocycles. The summed E-state index contributed by atoms with van der Waals surface area (Å²) in [6.45, 7) is 4.17. The SMILES string of the molecule is CC(=O)N(C1CC1)C1CCN(C2CC2)CC1. The van der Waals surface area contributed by atoms with Crippen LogP contribution in [0.15, 0.2) is 0 Å². The second kappa shape index (κ2) is 4.02. The maximum atomic E-state index is 11.7. The van der Waals surface area contributed by atoms with Gasteiger partial charge in [0.2, 0.25) is 5.91 Å². The Morgan fingerprint density at radius 3 is 2.00 bits per heavy atom. The molecule has 3 rings (SSSR count). The molecule has 16 heavy (non-hydrogen) atoms. The molecule has 3 heteroatoms. The van der Waals surface area contributed by atoms with E-state index >= 15 is 0 Å². The van der Waals surface area contributed by atoms with Crippen LogP contribution in [-0.2, 0) is 4.79 Å². The molecule has 3 fully saturated rings. The van der Waals surface area contributed by atoms with Crippen LogP contribution in [0.5, 0.6) is 0 Å². The quantitative estimate of drug-likeness (QED) is 0.724. The summed E-state index contributed by atoms with van der Waals surface area (Å²) in [6, 6.07) is 2.03. The number of rotatable bonds is 3. The molecule has 3 aliphatic rings. The number of hydrogen-bond acceptors (Lipinski definition) is 2. The van der Waals surface area contributed by atoms with Crippen LogP contribution in [0.4, 0.5) is 0 Å². The molecule has 2 aliphatic carbocycles. The van der Waals surface area contributed by atoms with Gasteiger partial charge in [0.15, 0.2) is 0 Å². The van der Waals surface area contributed by atoms with Crippen LogP contribution in [-0.4, -0.2) is 46.9 Å². The zero-order valence-electron chi connectivity index (χ0n) is 10.2. The second-order valence-corrected chi connectivity index (χ2v) is 5.66. The Kier molecular flexibility index (Phi) is 2.66. The molecule has 90 valence electrons. The number of amides is 1. The zero-order valence-corrected chi connectivity index (χ0v) is 10.2. The fourth-order valence-corrected chi connectivity index (χ4v) is 3.13. The topological polar surface area (TPSA) is 23.6 Å². The van der Waals surface area contributed by atoms with E-state index in [1.807, 2.05) is 0 Å². The monoisotopic (exact) mass is 222 g/mol. The van der Waals surface area contributed by atoms with Gasteiger partial charge in [0, 0.05) is 38.1 Å². The van der Waals surface area contributed by atoms with Crippen LogP contribution in [0, 0.1) is 0 Å². The van der Waals surface area contributed by atoms with Gasteiger partial charge in [-0.3, -0.25) is 4.79 Å². The van der Waals surface area contributed by atoms with Crippen LogP contribution < -0.4 is 0 Å². The van der Waals surface area contributed by atoms with Gasteiger partial charge in [-0.25, -0.2) is 0 Å². The van der Waals surface area contributed by atoms with Gasteiger partial charge in [0.25, 0.3) is 0 Å². The predicted octanol–water partition coefficient (Wildman–Crippen LogP) is 1.62. The van der Waals surface area contributed by atoms with E-state index in [4.69, 9.17) is 0 Å². The zero-order chi connectivity index (χ0) is 11.1. The molecule has 0 N–H and O–H groups in total. The Balaban J connectivity index is 1.56. The van der Waals surface area contributed by atoms with Crippen LogP contribution in [0.2, 0.25) is 0 Å². The van der Waals surface area contributed by atoms with Crippen molar-refractivity contribution in [1.82, 2.24) is 9.80 Å². The third-order valence-corrected chi connectivity index (χ3v) is 4.26. The van der Waals surface area contributed by atoms with Crippen molar-refractivity contribution in [1.29, 1.82) is 0 Å². The molecule has 0 atom stereocenters. The minimum absolute atomic E-state index is 0.298. The summed E-state index contributed by atoms with van der Waals surface area (Å²) < 4.78 is 0. The highest BCUT2D eigenvalue weighted by atomic mass is 16.2. The number of piperidine rings is 1. The molecule has 0 bridgehead atoms. The summed E-state index contributed by atoms with van der Waals surface area (Å²) in [4.78, 5) is 16.5. The third kappa shape index (κ3) is 2.10. The summed E-state index contributed by atoms with van der Waals surface area (Å²) in [5, 5.41) is 0. The number of carbonyl (C=O) groups excluding carboxylic acids is 1. The number of likely N-dealkylation sites (tertiary alicyclic amines) is 1. The van der Waals surface area contributed by atoms with E-state index in [0.29, 0.717) is 18.0 Å². The van der Waals surface area contributed by atoms with E-state index in [-0.39, 0.29) is 0 Å². The van der Waals surface area contributed by atoms with E-state index in [1.165, 1.54) is 51.6 Å². The molecule has 0 aromatic heterocycles. The fourth-order valence-electron chi connectivity index (χ4n) is 3.13. The van der Waals surface area contributed by atoms with Gasteiger partial charge in [0.05, 0.1) is 0 Å². The molecule has 1 amide bonds. The molecular weight excluding hydrogens is 200 g/mol. The summed E-state index contributed by atoms with van der Waals surface area (Å²) in [7, 11) is 0. The molecule has 0 spiro atoms. The lowest BCUT2D eigenvalue weighted by atomic mass is 10.0. The number of hydrogen-bond donors (Lipinski definition) is 0. The van der Waals surface area contributed by atoms with Gasteiger partial charge in [-0.1, -0.05) is 0 Å². The van der Waals surface area contributed by atoms with Gasteiger partial charge >= 0.3 is 0 Å². The lowest BCUT2D eigenvalue weighted by Gasteiger charge is -2.38. The molecule has 3 nitrogen and oxygen atoms in total. The van der Waals surface area contributed by atoms with E-state index in [0.717, 1.165) is 6.04 Å². The lowest BCUT2D eigenvalue weighted by Crippen LogP contribution is -2.48. The highest BCUT2D eigenvalue weighted by Gasteiger charge is 2.39. The van der Waals surface area contributed by atoms with E-state index in [9.17, 15) is 4.79 Å². The average Bonchev–Trinajstić information content (AvgIpc) is 3.13. The largest absolute Gasteiger partial charge is 0.337 e. The van der Waals surface area contributed by atoms with Crippen molar-refractivity contribution >= 4 is 5.91 Å². The van der Waals surface area contributed by atoms with Crippen molar-refractivity contribution in [3.8, 4) is 0 Å². The fraction of sp³-hybridized carbons (Fsp3) is 0.923. The predicted molar refractivity (Wildman–Crippen MR) is 63.2 cm³/mol. The molecule has 2 saturated carbocycles. The van der Waals surface area contributed by atoms with E-state index < -0.39 is 0 Å². The molecule has 0 radical (unpaired) electrons. The smallest absolute Gasteiger partial charge is 0.219 e. The summed E-state index contributed by atoms with van der Waals surface area (Å²) in [5.74, 6) is 0.298. The Morgan fingerprint density at radius 2 is 1.56 bits per heavy atom. The van der Waals surface area contributed by atoms with Crippen LogP contribution in [0.1, 0.15) is 45.4 Å². The van der Waals surface area contributed by atoms with Crippen molar-refractivity contribution < 1.29 is 4.79 Å². The molecule has 0 unspecified atom stereocenters. The number of nitrogens with zero attached hydrogens (tertiary/aromatic N) is 2. The summed E-state index contributed by atoms with van der Waals surface area (Å²) in [6.07, 6.45) is 7.69. The second-order valence-electron chi connectivity index (χ2n) is 5.66. The Morgan fingerprint density at radius 1 is 1.00 bits per heavy atom. The first-order valence-electron chi connectivity index (χ1n) is 6.78. The van der Waals surface area contributed by atoms with E-state index in [2.05, 4.69) is 9.80 Å². The van der Waals surface area contributed by atoms with Crippen LogP contribution in [0.25, 0.3) is 0 Å².